The molecule has 1 unspecified atom stereocenters. The van der Waals surface area contributed by atoms with Gasteiger partial charge in [0.1, 0.15) is 11.2 Å². The molecule has 200 valence electrons. The monoisotopic (exact) mass is 550 g/mol. The first-order valence-electron chi connectivity index (χ1n) is 14.4. The SMILES string of the molecule is CC(C)(P)C(C)(C)OBc1ccc2oc3c4c(ccc3c2c1)C1(c2ccccc2-c2ccccc21)c1ccccc1-4. The van der Waals surface area contributed by atoms with E-state index < -0.39 is 0 Å². The van der Waals surface area contributed by atoms with E-state index in [2.05, 4.69) is 140 Å². The molecule has 0 fully saturated rings. The molecule has 2 nitrogen and oxygen atoms in total. The largest absolute Gasteiger partial charge is 0.455 e. The zero-order chi connectivity index (χ0) is 28.1. The van der Waals surface area contributed by atoms with E-state index in [0.29, 0.717) is 7.48 Å². The van der Waals surface area contributed by atoms with Crippen LogP contribution in [0.1, 0.15) is 49.9 Å². The molecule has 1 spiro atoms. The van der Waals surface area contributed by atoms with Crippen molar-refractivity contribution >= 4 is 44.1 Å². The molecule has 0 N–H and O–H groups in total. The topological polar surface area (TPSA) is 22.4 Å². The average Bonchev–Trinajstić information content (AvgIpc) is 3.59. The highest BCUT2D eigenvalue weighted by molar-refractivity contribution is 7.19. The van der Waals surface area contributed by atoms with E-state index in [-0.39, 0.29) is 16.2 Å². The summed E-state index contributed by atoms with van der Waals surface area (Å²) in [7, 11) is 3.47. The van der Waals surface area contributed by atoms with E-state index in [1.54, 1.807) is 0 Å². The molecular formula is C37H32BO2P. The number of hydrogen-bond acceptors (Lipinski definition) is 2. The lowest BCUT2D eigenvalue weighted by atomic mass is 9.70. The van der Waals surface area contributed by atoms with E-state index in [1.807, 2.05) is 0 Å². The Balaban J connectivity index is 1.36. The van der Waals surface area contributed by atoms with Crippen LogP contribution < -0.4 is 5.46 Å². The summed E-state index contributed by atoms with van der Waals surface area (Å²) in [6.07, 6.45) is 0. The summed E-state index contributed by atoms with van der Waals surface area (Å²) >= 11 is 0. The fourth-order valence-corrected chi connectivity index (χ4v) is 7.08. The second-order valence-corrected chi connectivity index (χ2v) is 14.1. The summed E-state index contributed by atoms with van der Waals surface area (Å²) in [5.74, 6) is 0. The fourth-order valence-electron chi connectivity index (χ4n) is 7.00. The van der Waals surface area contributed by atoms with Gasteiger partial charge in [-0.05, 0) is 58.9 Å². The Labute approximate surface area is 244 Å². The third-order valence-electron chi connectivity index (χ3n) is 9.81. The maximum Gasteiger partial charge on any atom is 0.309 e. The van der Waals surface area contributed by atoms with Crippen LogP contribution in [0.2, 0.25) is 0 Å². The van der Waals surface area contributed by atoms with Gasteiger partial charge in [0.2, 0.25) is 0 Å². The zero-order valence-corrected chi connectivity index (χ0v) is 25.1. The van der Waals surface area contributed by atoms with Crippen molar-refractivity contribution in [3.8, 4) is 22.3 Å². The van der Waals surface area contributed by atoms with Gasteiger partial charge < -0.3 is 9.07 Å². The van der Waals surface area contributed by atoms with Crippen LogP contribution in [-0.4, -0.2) is 18.2 Å². The van der Waals surface area contributed by atoms with E-state index >= 15 is 0 Å². The lowest BCUT2D eigenvalue weighted by Gasteiger charge is -2.39. The third-order valence-corrected chi connectivity index (χ3v) is 10.5. The second kappa shape index (κ2) is 8.45. The van der Waals surface area contributed by atoms with Gasteiger partial charge in [-0.25, -0.2) is 0 Å². The van der Waals surface area contributed by atoms with Crippen molar-refractivity contribution in [2.45, 2.75) is 43.9 Å². The Hall–Kier alpha value is -3.65. The van der Waals surface area contributed by atoms with Crippen molar-refractivity contribution in [1.82, 2.24) is 0 Å². The van der Waals surface area contributed by atoms with Gasteiger partial charge in [-0.15, -0.1) is 9.24 Å². The molecule has 6 aromatic rings. The highest BCUT2D eigenvalue weighted by Gasteiger charge is 2.52. The number of benzene rings is 5. The predicted octanol–water partition coefficient (Wildman–Crippen LogP) is 8.36. The molecule has 5 aromatic carbocycles. The first-order valence-corrected chi connectivity index (χ1v) is 15.0. The normalized spacial score (nSPS) is 14.8. The van der Waals surface area contributed by atoms with Gasteiger partial charge in [-0.1, -0.05) is 116 Å². The molecule has 1 aromatic heterocycles. The summed E-state index contributed by atoms with van der Waals surface area (Å²) in [4.78, 5) is 0. The van der Waals surface area contributed by atoms with Gasteiger partial charge in [0.15, 0.2) is 0 Å². The van der Waals surface area contributed by atoms with Gasteiger partial charge >= 0.3 is 7.48 Å². The minimum Gasteiger partial charge on any atom is -0.455 e. The molecule has 8 rings (SSSR count). The summed E-state index contributed by atoms with van der Waals surface area (Å²) < 4.78 is 13.2. The Bertz CT molecular complexity index is 1980. The lowest BCUT2D eigenvalue weighted by molar-refractivity contribution is 0.0841. The van der Waals surface area contributed by atoms with Gasteiger partial charge in [-0.2, -0.15) is 0 Å². The standard InChI is InChI=1S/C37H32BO2P/c1-35(2,36(3,4)41)40-38-22-17-20-32-27(21-22)25-18-19-31-33(34(25)39-32)26-13-7-10-16-30(26)37(31)28-14-8-5-11-23(28)24-12-6-9-15-29(24)37/h5-21,38H,41H2,1-4H3. The van der Waals surface area contributed by atoms with Crippen molar-refractivity contribution in [2.24, 2.45) is 0 Å². The maximum absolute atomic E-state index is 6.74. The molecule has 0 aliphatic heterocycles. The molecule has 41 heavy (non-hydrogen) atoms. The average molecular weight is 550 g/mol. The van der Waals surface area contributed by atoms with Crippen molar-refractivity contribution in [2.75, 3.05) is 0 Å². The molecule has 2 aliphatic rings. The number of rotatable bonds is 4. The minimum absolute atomic E-state index is 0.0409. The van der Waals surface area contributed by atoms with Gasteiger partial charge in [0.25, 0.3) is 0 Å². The van der Waals surface area contributed by atoms with E-state index in [9.17, 15) is 0 Å². The van der Waals surface area contributed by atoms with Crippen LogP contribution in [0, 0.1) is 0 Å². The second-order valence-electron chi connectivity index (χ2n) is 12.7. The third kappa shape index (κ3) is 3.28. The minimum atomic E-state index is -0.359. The van der Waals surface area contributed by atoms with Crippen LogP contribution in [0.3, 0.4) is 0 Å². The highest BCUT2D eigenvalue weighted by Crippen LogP contribution is 2.63. The van der Waals surface area contributed by atoms with E-state index in [0.717, 1.165) is 27.4 Å². The highest BCUT2D eigenvalue weighted by atomic mass is 31.0. The van der Waals surface area contributed by atoms with Crippen LogP contribution in [-0.2, 0) is 10.1 Å². The first-order chi connectivity index (χ1) is 19.7. The molecule has 4 heteroatoms. The van der Waals surface area contributed by atoms with E-state index in [4.69, 9.17) is 9.07 Å². The molecular weight excluding hydrogens is 518 g/mol. The summed E-state index contributed by atoms with van der Waals surface area (Å²) in [5, 5.41) is 2.25. The van der Waals surface area contributed by atoms with Gasteiger partial charge in [0.05, 0.1) is 11.0 Å². The van der Waals surface area contributed by atoms with Crippen LogP contribution in [0.4, 0.5) is 0 Å². The molecule has 0 bridgehead atoms. The molecule has 2 aliphatic carbocycles. The predicted molar refractivity (Wildman–Crippen MR) is 176 cm³/mol. The molecule has 0 saturated heterocycles. The summed E-state index contributed by atoms with van der Waals surface area (Å²) in [6, 6.07) is 37.9. The summed E-state index contributed by atoms with van der Waals surface area (Å²) in [6.45, 7) is 8.69. The van der Waals surface area contributed by atoms with Crippen LogP contribution in [0.25, 0.3) is 44.2 Å². The van der Waals surface area contributed by atoms with Crippen LogP contribution >= 0.6 is 9.24 Å². The van der Waals surface area contributed by atoms with Gasteiger partial charge in [-0.3, -0.25) is 0 Å². The van der Waals surface area contributed by atoms with Gasteiger partial charge in [0, 0.05) is 21.5 Å². The number of hydrogen-bond donors (Lipinski definition) is 0. The van der Waals surface area contributed by atoms with Crippen molar-refractivity contribution < 1.29 is 9.07 Å². The molecule has 1 heterocycles. The van der Waals surface area contributed by atoms with Crippen LogP contribution in [0.15, 0.2) is 108 Å². The van der Waals surface area contributed by atoms with Crippen molar-refractivity contribution in [3.05, 3.63) is 125 Å². The first kappa shape index (κ1) is 25.1. The molecule has 0 radical (unpaired) electrons. The molecule has 0 saturated carbocycles. The summed E-state index contributed by atoms with van der Waals surface area (Å²) in [5.41, 5.74) is 12.8. The molecule has 0 amide bonds. The van der Waals surface area contributed by atoms with Crippen molar-refractivity contribution in [3.63, 3.8) is 0 Å². The lowest BCUT2D eigenvalue weighted by Crippen LogP contribution is -2.45. The maximum atomic E-state index is 6.74. The number of furan rings is 1. The Morgan fingerprint density at radius 3 is 1.88 bits per heavy atom. The zero-order valence-electron chi connectivity index (χ0n) is 23.9. The Kier molecular flexibility index (Phi) is 5.17. The smallest absolute Gasteiger partial charge is 0.309 e. The quantitative estimate of drug-likeness (QED) is 0.162. The molecule has 1 atom stereocenters. The van der Waals surface area contributed by atoms with Crippen molar-refractivity contribution in [1.29, 1.82) is 0 Å². The fraction of sp³-hybridized carbons (Fsp3) is 0.189. The van der Waals surface area contributed by atoms with Crippen LogP contribution in [0.5, 0.6) is 0 Å². The van der Waals surface area contributed by atoms with E-state index in [1.165, 1.54) is 44.5 Å². The Morgan fingerprint density at radius 1 is 0.659 bits per heavy atom. The number of fused-ring (bicyclic) bond motifs is 14. The Morgan fingerprint density at radius 2 is 1.24 bits per heavy atom.